The standard InChI is InChI=1S/C13H9.C5H5.CH2.2ClH.Hf/c1-3-7-12-10(5-1)9-11-6-2-4-8-13(11)12;1-2-4-5-3-1;;;;/h1-5,7-8H,9H2;1-3H,4H2;1H2;2*1H;/q;;;;;+2/p-2. The maximum absolute atomic E-state index is 4.64. The normalized spacial score (nSPS) is 13.1. The molecule has 0 aromatic heterocycles. The predicted octanol–water partition coefficient (Wildman–Crippen LogP) is -2.21. The minimum atomic E-state index is -2.05. The first-order chi connectivity index (χ1) is 9.84. The van der Waals surface area contributed by atoms with Crippen molar-refractivity contribution in [1.82, 2.24) is 0 Å². The van der Waals surface area contributed by atoms with Crippen molar-refractivity contribution in [3.63, 3.8) is 0 Å². The molecular formula is C19H16Cl2Hf. The van der Waals surface area contributed by atoms with Gasteiger partial charge in [0.1, 0.15) is 0 Å². The first-order valence-electron chi connectivity index (χ1n) is 7.10. The summed E-state index contributed by atoms with van der Waals surface area (Å²) in [7, 11) is 0. The third-order valence-corrected chi connectivity index (χ3v) is 12.5. The Morgan fingerprint density at radius 1 is 0.909 bits per heavy atom. The molecule has 0 nitrogen and oxygen atoms in total. The Labute approximate surface area is 151 Å². The summed E-state index contributed by atoms with van der Waals surface area (Å²) in [5, 5.41) is 0. The first-order valence-corrected chi connectivity index (χ1v) is 13.2. The zero-order chi connectivity index (χ0) is 13.5. The van der Waals surface area contributed by atoms with E-state index in [1.807, 2.05) is 0 Å². The number of rotatable bonds is 2. The van der Waals surface area contributed by atoms with Gasteiger partial charge in [0, 0.05) is 0 Å². The molecule has 2 aromatic carbocycles. The van der Waals surface area contributed by atoms with Gasteiger partial charge in [-0.15, -0.1) is 0 Å². The van der Waals surface area contributed by atoms with Crippen LogP contribution < -0.4 is 28.1 Å². The molecule has 0 bridgehead atoms. The van der Waals surface area contributed by atoms with Gasteiger partial charge in [0.05, 0.1) is 0 Å². The Bertz CT molecular complexity index is 788. The third kappa shape index (κ3) is 2.87. The molecule has 22 heavy (non-hydrogen) atoms. The average Bonchev–Trinajstić information content (AvgIpc) is 3.13. The topological polar surface area (TPSA) is 0 Å². The summed E-state index contributed by atoms with van der Waals surface area (Å²) in [6.45, 7) is 0. The molecule has 2 aliphatic rings. The number of halogens is 2. The number of benzene rings is 2. The van der Waals surface area contributed by atoms with Gasteiger partial charge in [0.2, 0.25) is 0 Å². The van der Waals surface area contributed by atoms with Crippen molar-refractivity contribution < 1.29 is 45.8 Å². The Hall–Kier alpha value is -0.760. The predicted molar refractivity (Wildman–Crippen MR) is 83.3 cm³/mol. The molecule has 0 N–H and O–H groups in total. The number of hydrogen-bond donors (Lipinski definition) is 0. The molecule has 0 unspecified atom stereocenters. The minimum Gasteiger partial charge on any atom is -1.00 e. The summed E-state index contributed by atoms with van der Waals surface area (Å²) in [5.41, 5.74) is 5.93. The smallest absolute Gasteiger partial charge is 1.00 e. The molecule has 2 aromatic rings. The van der Waals surface area contributed by atoms with Crippen LogP contribution in [0, 0.1) is 0 Å². The summed E-state index contributed by atoms with van der Waals surface area (Å²) >= 11 is -2.05. The van der Waals surface area contributed by atoms with E-state index in [-0.39, 0.29) is 24.8 Å². The quantitative estimate of drug-likeness (QED) is 0.355. The largest absolute Gasteiger partial charge is 1.00 e. The molecule has 0 spiro atoms. The van der Waals surface area contributed by atoms with E-state index < -0.39 is 21.0 Å². The van der Waals surface area contributed by atoms with Gasteiger partial charge in [-0.05, 0) is 0 Å². The molecule has 0 aliphatic heterocycles. The summed E-state index contributed by atoms with van der Waals surface area (Å²) < 4.78 is 7.88. The molecule has 0 heterocycles. The van der Waals surface area contributed by atoms with Gasteiger partial charge < -0.3 is 24.8 Å². The van der Waals surface area contributed by atoms with Crippen LogP contribution in [0.25, 0.3) is 11.1 Å². The van der Waals surface area contributed by atoms with Crippen molar-refractivity contribution in [3.8, 4) is 11.1 Å². The molecule has 0 saturated heterocycles. The van der Waals surface area contributed by atoms with Gasteiger partial charge in [-0.3, -0.25) is 0 Å². The Balaban J connectivity index is 0.000000882. The summed E-state index contributed by atoms with van der Waals surface area (Å²) in [6.07, 6.45) is 9.02. The van der Waals surface area contributed by atoms with E-state index >= 15 is 0 Å². The van der Waals surface area contributed by atoms with Gasteiger partial charge >= 0.3 is 128 Å². The van der Waals surface area contributed by atoms with E-state index in [1.165, 1.54) is 16.7 Å². The van der Waals surface area contributed by atoms with Crippen LogP contribution >= 0.6 is 0 Å². The molecule has 0 fully saturated rings. The van der Waals surface area contributed by atoms with E-state index in [2.05, 4.69) is 65.0 Å². The molecule has 0 amide bonds. The number of allylic oxidation sites excluding steroid dienone is 4. The molecular weight excluding hydrogens is 478 g/mol. The Kier molecular flexibility index (Phi) is 5.76. The zero-order valence-electron chi connectivity index (χ0n) is 12.2. The van der Waals surface area contributed by atoms with Crippen molar-refractivity contribution in [2.75, 3.05) is 0 Å². The van der Waals surface area contributed by atoms with Gasteiger partial charge in [0.25, 0.3) is 0 Å². The summed E-state index contributed by atoms with van der Waals surface area (Å²) in [6, 6.07) is 15.7. The van der Waals surface area contributed by atoms with Crippen molar-refractivity contribution in [2.24, 2.45) is 0 Å². The Morgan fingerprint density at radius 2 is 1.68 bits per heavy atom. The minimum absolute atomic E-state index is 0. The van der Waals surface area contributed by atoms with E-state index in [0.717, 1.165) is 12.8 Å². The molecule has 110 valence electrons. The van der Waals surface area contributed by atoms with Gasteiger partial charge in [-0.2, -0.15) is 0 Å². The van der Waals surface area contributed by atoms with Crippen molar-refractivity contribution in [1.29, 1.82) is 0 Å². The maximum Gasteiger partial charge on any atom is -1.00 e. The third-order valence-electron chi connectivity index (χ3n) is 4.33. The van der Waals surface area contributed by atoms with Crippen molar-refractivity contribution >= 4 is 7.58 Å². The van der Waals surface area contributed by atoms with E-state index in [1.54, 1.807) is 12.2 Å². The van der Waals surface area contributed by atoms with E-state index in [0.29, 0.717) is 0 Å². The first kappa shape index (κ1) is 17.6. The van der Waals surface area contributed by atoms with Crippen LogP contribution in [0.5, 0.6) is 0 Å². The van der Waals surface area contributed by atoms with Crippen LogP contribution in [-0.4, -0.2) is 4.26 Å². The van der Waals surface area contributed by atoms with E-state index in [9.17, 15) is 0 Å². The number of fused-ring (bicyclic) bond motifs is 3. The molecule has 3 heteroatoms. The van der Waals surface area contributed by atoms with Crippen LogP contribution in [0.2, 0.25) is 0 Å². The zero-order valence-corrected chi connectivity index (χ0v) is 17.3. The van der Waals surface area contributed by atoms with E-state index in [4.69, 9.17) is 0 Å². The fourth-order valence-corrected chi connectivity index (χ4v) is 10.1. The fraction of sp³-hybridized carbons (Fsp3) is 0.105. The molecule has 0 radical (unpaired) electrons. The van der Waals surface area contributed by atoms with Crippen LogP contribution in [0.15, 0.2) is 64.0 Å². The molecule has 0 saturated carbocycles. The maximum atomic E-state index is 4.64. The SMILES string of the molecule is [CH2]=[Hf+2]([C]1=CC=CC1)[c]1cccc2c1Cc1ccccc1-2.[Cl-].[Cl-]. The monoisotopic (exact) mass is 494 g/mol. The van der Waals surface area contributed by atoms with Gasteiger partial charge in [-0.25, -0.2) is 0 Å². The molecule has 4 rings (SSSR count). The van der Waals surface area contributed by atoms with Gasteiger partial charge in [0.15, 0.2) is 0 Å². The van der Waals surface area contributed by atoms with Crippen LogP contribution in [-0.2, 0) is 27.4 Å². The van der Waals surface area contributed by atoms with Crippen LogP contribution in [0.1, 0.15) is 17.5 Å². The van der Waals surface area contributed by atoms with Crippen molar-refractivity contribution in [2.45, 2.75) is 12.8 Å². The summed E-state index contributed by atoms with van der Waals surface area (Å²) in [4.78, 5) is 0. The second-order valence-corrected chi connectivity index (χ2v) is 13.1. The molecule has 0 atom stereocenters. The van der Waals surface area contributed by atoms with Crippen molar-refractivity contribution in [3.05, 3.63) is 75.1 Å². The fourth-order valence-electron chi connectivity index (χ4n) is 3.28. The second kappa shape index (κ2) is 7.21. The average molecular weight is 494 g/mol. The molecule has 2 aliphatic carbocycles. The second-order valence-electron chi connectivity index (χ2n) is 5.47. The summed E-state index contributed by atoms with van der Waals surface area (Å²) in [5.74, 6) is 0. The van der Waals surface area contributed by atoms with Crippen LogP contribution in [0.3, 0.4) is 0 Å². The van der Waals surface area contributed by atoms with Crippen LogP contribution in [0.4, 0.5) is 0 Å². The number of hydrogen-bond acceptors (Lipinski definition) is 0. The van der Waals surface area contributed by atoms with Gasteiger partial charge in [-0.1, -0.05) is 0 Å². The Morgan fingerprint density at radius 3 is 2.45 bits per heavy atom.